The summed E-state index contributed by atoms with van der Waals surface area (Å²) in [5, 5.41) is 3.85. The minimum Gasteiger partial charge on any atom is -0.493 e. The third-order valence-electron chi connectivity index (χ3n) is 4.91. The summed E-state index contributed by atoms with van der Waals surface area (Å²) < 4.78 is 16.3. The van der Waals surface area contributed by atoms with Crippen LogP contribution in [0.3, 0.4) is 0 Å². The maximum absolute atomic E-state index is 12.9. The Morgan fingerprint density at radius 1 is 1.03 bits per heavy atom. The molecule has 6 nitrogen and oxygen atoms in total. The third kappa shape index (κ3) is 4.11. The lowest BCUT2D eigenvalue weighted by atomic mass is 10.0. The molecule has 1 amide bonds. The molecule has 3 aromatic rings. The Labute approximate surface area is 170 Å². The van der Waals surface area contributed by atoms with E-state index >= 15 is 0 Å². The summed E-state index contributed by atoms with van der Waals surface area (Å²) in [6, 6.07) is 13.2. The second-order valence-corrected chi connectivity index (χ2v) is 6.77. The molecule has 3 rings (SSSR count). The fourth-order valence-electron chi connectivity index (χ4n) is 3.14. The first-order chi connectivity index (χ1) is 14.0. The number of carbonyl (C=O) groups excluding carboxylic acids is 1. The lowest BCUT2D eigenvalue weighted by molar-refractivity contribution is 0.0941. The summed E-state index contributed by atoms with van der Waals surface area (Å²) in [7, 11) is 4.70. The Balaban J connectivity index is 2.19. The molecule has 29 heavy (non-hydrogen) atoms. The Morgan fingerprint density at radius 2 is 1.69 bits per heavy atom. The van der Waals surface area contributed by atoms with E-state index in [1.165, 1.54) is 0 Å². The third-order valence-corrected chi connectivity index (χ3v) is 4.91. The molecule has 0 fully saturated rings. The number of aromatic nitrogens is 1. The predicted molar refractivity (Wildman–Crippen MR) is 114 cm³/mol. The van der Waals surface area contributed by atoms with Crippen LogP contribution in [0.2, 0.25) is 0 Å². The van der Waals surface area contributed by atoms with Crippen molar-refractivity contribution in [2.45, 2.75) is 26.3 Å². The van der Waals surface area contributed by atoms with Crippen LogP contribution in [0.25, 0.3) is 22.2 Å². The van der Waals surface area contributed by atoms with Gasteiger partial charge in [0.15, 0.2) is 11.5 Å². The average molecular weight is 394 g/mol. The highest BCUT2D eigenvalue weighted by atomic mass is 16.5. The first-order valence-corrected chi connectivity index (χ1v) is 9.53. The van der Waals surface area contributed by atoms with Crippen molar-refractivity contribution >= 4 is 16.8 Å². The molecule has 0 radical (unpaired) electrons. The lowest BCUT2D eigenvalue weighted by Gasteiger charge is -2.16. The molecule has 1 heterocycles. The maximum Gasteiger partial charge on any atom is 0.252 e. The minimum atomic E-state index is -0.119. The number of fused-ring (bicyclic) bond motifs is 1. The maximum atomic E-state index is 12.9. The number of hydrogen-bond donors (Lipinski definition) is 1. The topological polar surface area (TPSA) is 69.7 Å². The van der Waals surface area contributed by atoms with E-state index < -0.39 is 0 Å². The van der Waals surface area contributed by atoms with E-state index in [2.05, 4.69) is 5.32 Å². The van der Waals surface area contributed by atoms with Crippen LogP contribution in [0.1, 0.15) is 30.6 Å². The number of amides is 1. The Kier molecular flexibility index (Phi) is 6.22. The fourth-order valence-corrected chi connectivity index (χ4v) is 3.14. The molecular weight excluding hydrogens is 368 g/mol. The second-order valence-electron chi connectivity index (χ2n) is 6.77. The molecule has 0 saturated carbocycles. The molecule has 1 atom stereocenters. The van der Waals surface area contributed by atoms with Crippen LogP contribution < -0.4 is 19.5 Å². The Bertz CT molecular complexity index is 1010. The van der Waals surface area contributed by atoms with Gasteiger partial charge in [0, 0.05) is 17.0 Å². The Morgan fingerprint density at radius 3 is 2.28 bits per heavy atom. The number of methoxy groups -OCH3 is 3. The number of rotatable bonds is 7. The smallest absolute Gasteiger partial charge is 0.252 e. The number of nitrogens with zero attached hydrogens (tertiary/aromatic N) is 1. The first kappa shape index (κ1) is 20.5. The van der Waals surface area contributed by atoms with E-state index in [0.29, 0.717) is 28.5 Å². The van der Waals surface area contributed by atoms with Gasteiger partial charge in [-0.3, -0.25) is 4.79 Å². The van der Waals surface area contributed by atoms with Crippen molar-refractivity contribution in [3.05, 3.63) is 48.0 Å². The molecule has 152 valence electrons. The number of carbonyl (C=O) groups is 1. The van der Waals surface area contributed by atoms with Gasteiger partial charge in [0.05, 0.1) is 38.1 Å². The number of pyridine rings is 1. The molecule has 0 saturated heterocycles. The van der Waals surface area contributed by atoms with Gasteiger partial charge < -0.3 is 19.5 Å². The fraction of sp³-hybridized carbons (Fsp3) is 0.304. The largest absolute Gasteiger partial charge is 0.493 e. The molecule has 1 unspecified atom stereocenters. The Hall–Kier alpha value is -3.28. The normalized spacial score (nSPS) is 11.8. The van der Waals surface area contributed by atoms with Crippen molar-refractivity contribution < 1.29 is 19.0 Å². The molecule has 0 aliphatic heterocycles. The second kappa shape index (κ2) is 8.82. The van der Waals surface area contributed by atoms with E-state index in [1.807, 2.05) is 50.2 Å². The van der Waals surface area contributed by atoms with Crippen molar-refractivity contribution in [3.8, 4) is 28.5 Å². The number of ether oxygens (including phenoxy) is 3. The van der Waals surface area contributed by atoms with Crippen molar-refractivity contribution in [2.24, 2.45) is 0 Å². The summed E-state index contributed by atoms with van der Waals surface area (Å²) in [5.74, 6) is 1.45. The molecule has 1 N–H and O–H groups in total. The van der Waals surface area contributed by atoms with E-state index in [4.69, 9.17) is 19.2 Å². The SMILES string of the molecule is CCC(C)NC(=O)c1cc(-c2cc(OC)c(OC)c(OC)c2)nc2ccccc12. The van der Waals surface area contributed by atoms with Gasteiger partial charge in [0.2, 0.25) is 5.75 Å². The van der Waals surface area contributed by atoms with Gasteiger partial charge in [-0.2, -0.15) is 0 Å². The van der Waals surface area contributed by atoms with E-state index in [1.54, 1.807) is 27.4 Å². The van der Waals surface area contributed by atoms with Gasteiger partial charge in [0.25, 0.3) is 5.91 Å². The lowest BCUT2D eigenvalue weighted by Crippen LogP contribution is -2.32. The molecular formula is C23H26N2O4. The monoisotopic (exact) mass is 394 g/mol. The number of para-hydroxylation sites is 1. The van der Waals surface area contributed by atoms with Gasteiger partial charge in [-0.05, 0) is 37.6 Å². The van der Waals surface area contributed by atoms with Crippen LogP contribution in [0.4, 0.5) is 0 Å². The van der Waals surface area contributed by atoms with Crippen LogP contribution in [0, 0.1) is 0 Å². The molecule has 1 aromatic heterocycles. The summed E-state index contributed by atoms with van der Waals surface area (Å²) in [6.45, 7) is 4.03. The van der Waals surface area contributed by atoms with Crippen LogP contribution in [0.5, 0.6) is 17.2 Å². The first-order valence-electron chi connectivity index (χ1n) is 9.53. The van der Waals surface area contributed by atoms with Crippen LogP contribution in [0.15, 0.2) is 42.5 Å². The van der Waals surface area contributed by atoms with Crippen LogP contribution in [-0.2, 0) is 0 Å². The van der Waals surface area contributed by atoms with Crippen molar-refractivity contribution in [1.29, 1.82) is 0 Å². The zero-order valence-electron chi connectivity index (χ0n) is 17.4. The average Bonchev–Trinajstić information content (AvgIpc) is 2.76. The molecule has 0 spiro atoms. The van der Waals surface area contributed by atoms with E-state index in [-0.39, 0.29) is 11.9 Å². The van der Waals surface area contributed by atoms with Crippen molar-refractivity contribution in [1.82, 2.24) is 10.3 Å². The molecule has 6 heteroatoms. The molecule has 0 aliphatic rings. The zero-order chi connectivity index (χ0) is 21.0. The van der Waals surface area contributed by atoms with Gasteiger partial charge in [0.1, 0.15) is 0 Å². The number of benzene rings is 2. The highest BCUT2D eigenvalue weighted by Gasteiger charge is 2.18. The minimum absolute atomic E-state index is 0.0825. The van der Waals surface area contributed by atoms with Gasteiger partial charge in [-0.1, -0.05) is 25.1 Å². The van der Waals surface area contributed by atoms with Crippen molar-refractivity contribution in [2.75, 3.05) is 21.3 Å². The standard InChI is InChI=1S/C23H26N2O4/c1-6-14(2)24-23(26)17-13-19(25-18-10-8-7-9-16(17)18)15-11-20(27-3)22(29-5)21(12-15)28-4/h7-14H,6H2,1-5H3,(H,24,26). The highest BCUT2D eigenvalue weighted by molar-refractivity contribution is 6.07. The number of nitrogens with one attached hydrogen (secondary N) is 1. The molecule has 2 aromatic carbocycles. The predicted octanol–water partition coefficient (Wildman–Crippen LogP) is 4.46. The van der Waals surface area contributed by atoms with Crippen molar-refractivity contribution in [3.63, 3.8) is 0 Å². The summed E-state index contributed by atoms with van der Waals surface area (Å²) in [6.07, 6.45) is 0.856. The highest BCUT2D eigenvalue weighted by Crippen LogP contribution is 2.41. The van der Waals surface area contributed by atoms with Gasteiger partial charge >= 0.3 is 0 Å². The quantitative estimate of drug-likeness (QED) is 0.641. The number of hydrogen-bond acceptors (Lipinski definition) is 5. The van der Waals surface area contributed by atoms with Crippen LogP contribution in [-0.4, -0.2) is 38.3 Å². The summed E-state index contributed by atoms with van der Waals surface area (Å²) >= 11 is 0. The van der Waals surface area contributed by atoms with E-state index in [9.17, 15) is 4.79 Å². The zero-order valence-corrected chi connectivity index (χ0v) is 17.4. The molecule has 0 bridgehead atoms. The van der Waals surface area contributed by atoms with Gasteiger partial charge in [-0.25, -0.2) is 4.98 Å². The van der Waals surface area contributed by atoms with Gasteiger partial charge in [-0.15, -0.1) is 0 Å². The summed E-state index contributed by atoms with van der Waals surface area (Å²) in [5.41, 5.74) is 2.74. The molecule has 0 aliphatic carbocycles. The van der Waals surface area contributed by atoms with E-state index in [0.717, 1.165) is 22.9 Å². The van der Waals surface area contributed by atoms with Crippen LogP contribution >= 0.6 is 0 Å². The summed E-state index contributed by atoms with van der Waals surface area (Å²) in [4.78, 5) is 17.7.